The highest BCUT2D eigenvalue weighted by Gasteiger charge is 2.16. The van der Waals surface area contributed by atoms with Crippen molar-refractivity contribution in [2.75, 3.05) is 43.9 Å². The summed E-state index contributed by atoms with van der Waals surface area (Å²) >= 11 is 0. The predicted octanol–water partition coefficient (Wildman–Crippen LogP) is 1.15. The molecule has 1 amide bonds. The van der Waals surface area contributed by atoms with Crippen LogP contribution in [0.2, 0.25) is 0 Å². The molecule has 0 aliphatic carbocycles. The van der Waals surface area contributed by atoms with Gasteiger partial charge in [-0.15, -0.1) is 0 Å². The highest BCUT2D eigenvalue weighted by atomic mass is 16.1. The van der Waals surface area contributed by atoms with E-state index in [1.54, 1.807) is 12.1 Å². The minimum Gasteiger partial charge on any atom is -0.398 e. The molecule has 0 atom stereocenters. The number of likely N-dealkylation sites (N-methyl/N-ethyl adjacent to an activating group) is 1. The number of nitrogens with zero attached hydrogens (tertiary/aromatic N) is 2. The molecule has 106 valence electrons. The van der Waals surface area contributed by atoms with Crippen molar-refractivity contribution in [3.05, 3.63) is 23.8 Å². The fourth-order valence-electron chi connectivity index (χ4n) is 2.02. The molecule has 4 N–H and O–H groups in total. The van der Waals surface area contributed by atoms with Gasteiger partial charge in [0.1, 0.15) is 0 Å². The van der Waals surface area contributed by atoms with Gasteiger partial charge in [0.2, 0.25) is 0 Å². The van der Waals surface area contributed by atoms with E-state index in [0.717, 1.165) is 31.9 Å². The Kier molecular flexibility index (Phi) is 5.63. The molecule has 19 heavy (non-hydrogen) atoms. The summed E-state index contributed by atoms with van der Waals surface area (Å²) in [6, 6.07) is 5.46. The molecule has 1 aliphatic rings. The van der Waals surface area contributed by atoms with Crippen LogP contribution in [-0.4, -0.2) is 44.0 Å². The van der Waals surface area contributed by atoms with Gasteiger partial charge in [-0.25, -0.2) is 0 Å². The number of hydrogen-bond acceptors (Lipinski definition) is 4. The van der Waals surface area contributed by atoms with Crippen molar-refractivity contribution in [3.8, 4) is 0 Å². The number of anilines is 2. The van der Waals surface area contributed by atoms with Gasteiger partial charge in [-0.2, -0.15) is 0 Å². The summed E-state index contributed by atoms with van der Waals surface area (Å²) in [5, 5.41) is 0. The Morgan fingerprint density at radius 3 is 2.26 bits per heavy atom. The number of primary amides is 1. The van der Waals surface area contributed by atoms with Gasteiger partial charge in [-0.1, -0.05) is 13.8 Å². The maximum Gasteiger partial charge on any atom is 0.250 e. The standard InChI is InChI=1S/C12H18N4O.C2H6/c1-15-4-6-16(7-5-15)9-2-3-11(13)10(8-9)12(14)17;1-2/h2-3,8H,4-7,13H2,1H3,(H2,14,17);1-2H3. The first kappa shape index (κ1) is 15.3. The van der Waals surface area contributed by atoms with Crippen LogP contribution in [0.3, 0.4) is 0 Å². The van der Waals surface area contributed by atoms with Crippen molar-refractivity contribution in [1.82, 2.24) is 4.90 Å². The second-order valence-corrected chi connectivity index (χ2v) is 4.43. The van der Waals surface area contributed by atoms with Gasteiger partial charge >= 0.3 is 0 Å². The van der Waals surface area contributed by atoms with E-state index in [1.165, 1.54) is 0 Å². The van der Waals surface area contributed by atoms with E-state index in [9.17, 15) is 4.79 Å². The van der Waals surface area contributed by atoms with Gasteiger partial charge in [0.05, 0.1) is 5.56 Å². The fraction of sp³-hybridized carbons (Fsp3) is 0.500. The van der Waals surface area contributed by atoms with Gasteiger partial charge in [-0.3, -0.25) is 4.79 Å². The number of nitrogen functional groups attached to an aromatic ring is 1. The van der Waals surface area contributed by atoms with E-state index >= 15 is 0 Å². The number of rotatable bonds is 2. The molecule has 1 aliphatic heterocycles. The molecule has 0 saturated carbocycles. The number of benzene rings is 1. The van der Waals surface area contributed by atoms with Gasteiger partial charge in [-0.05, 0) is 25.2 Å². The lowest BCUT2D eigenvalue weighted by molar-refractivity contribution is 0.100. The van der Waals surface area contributed by atoms with E-state index in [4.69, 9.17) is 11.5 Å². The van der Waals surface area contributed by atoms with Gasteiger partial charge in [0.15, 0.2) is 0 Å². The minimum absolute atomic E-state index is 0.404. The molecule has 0 bridgehead atoms. The van der Waals surface area contributed by atoms with Crippen LogP contribution >= 0.6 is 0 Å². The molecule has 1 heterocycles. The normalized spacial score (nSPS) is 15.6. The monoisotopic (exact) mass is 264 g/mol. The van der Waals surface area contributed by atoms with Crippen molar-refractivity contribution < 1.29 is 4.79 Å². The van der Waals surface area contributed by atoms with Gasteiger partial charge in [0, 0.05) is 37.6 Å². The lowest BCUT2D eigenvalue weighted by Crippen LogP contribution is -2.44. The molecule has 1 fully saturated rings. The molecule has 5 heteroatoms. The number of carbonyl (C=O) groups is 1. The summed E-state index contributed by atoms with van der Waals surface area (Å²) in [5.74, 6) is -0.474. The predicted molar refractivity (Wildman–Crippen MR) is 80.4 cm³/mol. The van der Waals surface area contributed by atoms with Crippen molar-refractivity contribution in [2.24, 2.45) is 5.73 Å². The SMILES string of the molecule is CC.CN1CCN(c2ccc(N)c(C(N)=O)c2)CC1. The largest absolute Gasteiger partial charge is 0.398 e. The number of hydrogen-bond donors (Lipinski definition) is 2. The Bertz CT molecular complexity index is 425. The van der Waals surface area contributed by atoms with Crippen LogP contribution in [0.25, 0.3) is 0 Å². The lowest BCUT2D eigenvalue weighted by Gasteiger charge is -2.34. The molecule has 1 aromatic carbocycles. The smallest absolute Gasteiger partial charge is 0.250 e. The molecular formula is C14H24N4O. The summed E-state index contributed by atoms with van der Waals surface area (Å²) in [6.45, 7) is 7.96. The maximum absolute atomic E-state index is 11.2. The molecular weight excluding hydrogens is 240 g/mol. The zero-order chi connectivity index (χ0) is 14.4. The van der Waals surface area contributed by atoms with Crippen molar-refractivity contribution in [3.63, 3.8) is 0 Å². The molecule has 0 spiro atoms. The summed E-state index contributed by atoms with van der Waals surface area (Å²) < 4.78 is 0. The van der Waals surface area contributed by atoms with Crippen LogP contribution in [0.5, 0.6) is 0 Å². The van der Waals surface area contributed by atoms with Crippen LogP contribution in [0.1, 0.15) is 24.2 Å². The average molecular weight is 264 g/mol. The fourth-order valence-corrected chi connectivity index (χ4v) is 2.02. The first-order chi connectivity index (χ1) is 9.08. The quantitative estimate of drug-likeness (QED) is 0.786. The number of nitrogens with two attached hydrogens (primary N) is 2. The Labute approximate surface area is 115 Å². The summed E-state index contributed by atoms with van der Waals surface area (Å²) in [6.07, 6.45) is 0. The first-order valence-corrected chi connectivity index (χ1v) is 6.71. The Morgan fingerprint density at radius 2 is 1.74 bits per heavy atom. The second-order valence-electron chi connectivity index (χ2n) is 4.43. The number of amides is 1. The third-order valence-electron chi connectivity index (χ3n) is 3.17. The molecule has 0 radical (unpaired) electrons. The molecule has 0 aromatic heterocycles. The van der Waals surface area contributed by atoms with Crippen LogP contribution < -0.4 is 16.4 Å². The number of carbonyl (C=O) groups excluding carboxylic acids is 1. The summed E-state index contributed by atoms with van der Waals surface area (Å²) in [7, 11) is 2.11. The van der Waals surface area contributed by atoms with E-state index in [1.807, 2.05) is 19.9 Å². The summed E-state index contributed by atoms with van der Waals surface area (Å²) in [4.78, 5) is 15.7. The van der Waals surface area contributed by atoms with E-state index in [2.05, 4.69) is 16.8 Å². The molecule has 1 saturated heterocycles. The van der Waals surface area contributed by atoms with E-state index in [0.29, 0.717) is 11.3 Å². The zero-order valence-corrected chi connectivity index (χ0v) is 12.0. The first-order valence-electron chi connectivity index (χ1n) is 6.71. The third-order valence-corrected chi connectivity index (χ3v) is 3.17. The third kappa shape index (κ3) is 3.86. The molecule has 2 rings (SSSR count). The minimum atomic E-state index is -0.474. The van der Waals surface area contributed by atoms with Crippen molar-refractivity contribution in [1.29, 1.82) is 0 Å². The van der Waals surface area contributed by atoms with Crippen LogP contribution in [0.15, 0.2) is 18.2 Å². The van der Waals surface area contributed by atoms with E-state index < -0.39 is 5.91 Å². The van der Waals surface area contributed by atoms with Gasteiger partial charge < -0.3 is 21.3 Å². The second kappa shape index (κ2) is 6.99. The average Bonchev–Trinajstić information content (AvgIpc) is 2.42. The van der Waals surface area contributed by atoms with Crippen LogP contribution in [0.4, 0.5) is 11.4 Å². The lowest BCUT2D eigenvalue weighted by atomic mass is 10.1. The molecule has 0 unspecified atom stereocenters. The summed E-state index contributed by atoms with van der Waals surface area (Å²) in [5.41, 5.74) is 12.9. The van der Waals surface area contributed by atoms with Crippen LogP contribution in [0, 0.1) is 0 Å². The number of piperazine rings is 1. The zero-order valence-electron chi connectivity index (χ0n) is 12.0. The highest BCUT2D eigenvalue weighted by Crippen LogP contribution is 2.21. The Morgan fingerprint density at radius 1 is 1.16 bits per heavy atom. The maximum atomic E-state index is 11.2. The van der Waals surface area contributed by atoms with Crippen molar-refractivity contribution in [2.45, 2.75) is 13.8 Å². The molecule has 5 nitrogen and oxygen atoms in total. The topological polar surface area (TPSA) is 75.6 Å². The Balaban J connectivity index is 0.000000861. The van der Waals surface area contributed by atoms with Gasteiger partial charge in [0.25, 0.3) is 5.91 Å². The van der Waals surface area contributed by atoms with Crippen molar-refractivity contribution >= 4 is 17.3 Å². The molecule has 1 aromatic rings. The van der Waals surface area contributed by atoms with Crippen LogP contribution in [-0.2, 0) is 0 Å². The Hall–Kier alpha value is -1.75. The van der Waals surface area contributed by atoms with E-state index in [-0.39, 0.29) is 0 Å². The highest BCUT2D eigenvalue weighted by molar-refractivity contribution is 5.99.